The van der Waals surface area contributed by atoms with Crippen molar-refractivity contribution in [1.29, 1.82) is 0 Å². The minimum Gasteiger partial charge on any atom is -0.330 e. The smallest absolute Gasteiger partial charge is 0.330 e. The minimum atomic E-state index is -4.53. The molecule has 0 spiro atoms. The summed E-state index contributed by atoms with van der Waals surface area (Å²) in [5, 5.41) is 4.41. The molecule has 21 heavy (non-hydrogen) atoms. The summed E-state index contributed by atoms with van der Waals surface area (Å²) in [7, 11) is 0. The van der Waals surface area contributed by atoms with E-state index in [-0.39, 0.29) is 11.4 Å². The maximum atomic E-state index is 12.8. The van der Waals surface area contributed by atoms with Crippen molar-refractivity contribution in [2.75, 3.05) is 11.9 Å². The lowest BCUT2D eigenvalue weighted by atomic mass is 10.1. The molecule has 0 saturated heterocycles. The van der Waals surface area contributed by atoms with Crippen molar-refractivity contribution in [1.82, 2.24) is 4.98 Å². The molecule has 3 N–H and O–H groups in total. The van der Waals surface area contributed by atoms with Gasteiger partial charge in [0.25, 0.3) is 5.91 Å². The first-order chi connectivity index (χ1) is 9.91. The van der Waals surface area contributed by atoms with Crippen molar-refractivity contribution in [2.24, 2.45) is 5.73 Å². The molecule has 0 aliphatic heterocycles. The van der Waals surface area contributed by atoms with Gasteiger partial charge in [-0.05, 0) is 18.7 Å². The van der Waals surface area contributed by atoms with Crippen LogP contribution in [0.25, 0.3) is 0 Å². The summed E-state index contributed by atoms with van der Waals surface area (Å²) in [5.41, 5.74) is 4.28. The number of nitrogens with two attached hydrogens (primary N) is 1. The van der Waals surface area contributed by atoms with Crippen LogP contribution in [0.2, 0.25) is 0 Å². The predicted octanol–water partition coefficient (Wildman–Crippen LogP) is 2.92. The number of amides is 1. The third-order valence-electron chi connectivity index (χ3n) is 2.62. The normalized spacial score (nSPS) is 11.4. The van der Waals surface area contributed by atoms with Gasteiger partial charge in [0.2, 0.25) is 0 Å². The Labute approximate surface area is 122 Å². The van der Waals surface area contributed by atoms with Gasteiger partial charge in [-0.3, -0.25) is 4.79 Å². The summed E-state index contributed by atoms with van der Waals surface area (Å²) in [5.74, 6) is -0.675. The molecule has 8 heteroatoms. The Morgan fingerprint density at radius 1 is 1.33 bits per heavy atom. The van der Waals surface area contributed by atoms with Gasteiger partial charge in [0, 0.05) is 11.8 Å². The second kappa shape index (κ2) is 6.23. The first-order valence-corrected chi connectivity index (χ1v) is 6.92. The molecule has 0 unspecified atom stereocenters. The van der Waals surface area contributed by atoms with Gasteiger partial charge in [-0.25, -0.2) is 4.98 Å². The molecule has 0 radical (unpaired) electrons. The van der Waals surface area contributed by atoms with E-state index in [0.717, 1.165) is 6.07 Å². The Morgan fingerprint density at radius 2 is 2.05 bits per heavy atom. The molecule has 1 amide bonds. The van der Waals surface area contributed by atoms with E-state index in [1.807, 2.05) is 0 Å². The molecule has 2 aromatic rings. The van der Waals surface area contributed by atoms with E-state index in [4.69, 9.17) is 5.73 Å². The topological polar surface area (TPSA) is 68.0 Å². The highest BCUT2D eigenvalue weighted by Crippen LogP contribution is 2.34. The lowest BCUT2D eigenvalue weighted by Crippen LogP contribution is -2.17. The van der Waals surface area contributed by atoms with Gasteiger partial charge in [-0.1, -0.05) is 12.1 Å². The molecular formula is C13H12F3N3OS. The first kappa shape index (κ1) is 15.5. The van der Waals surface area contributed by atoms with Gasteiger partial charge in [-0.2, -0.15) is 13.2 Å². The number of hydrogen-bond donors (Lipinski definition) is 2. The predicted molar refractivity (Wildman–Crippen MR) is 74.3 cm³/mol. The van der Waals surface area contributed by atoms with E-state index in [1.165, 1.54) is 34.9 Å². The number of hydrogen-bond acceptors (Lipinski definition) is 4. The van der Waals surface area contributed by atoms with Crippen LogP contribution >= 0.6 is 11.3 Å². The summed E-state index contributed by atoms with van der Waals surface area (Å²) in [4.78, 5) is 16.0. The molecule has 0 bridgehead atoms. The molecule has 1 aromatic heterocycles. The second-order valence-electron chi connectivity index (χ2n) is 4.16. The summed E-state index contributed by atoms with van der Waals surface area (Å²) < 4.78 is 38.5. The van der Waals surface area contributed by atoms with E-state index in [1.54, 1.807) is 0 Å². The Kier molecular flexibility index (Phi) is 4.59. The number of para-hydroxylation sites is 1. The number of thiazole rings is 1. The maximum absolute atomic E-state index is 12.8. The number of carbonyl (C=O) groups excluding carboxylic acids is 1. The molecule has 1 aromatic carbocycles. The fourth-order valence-electron chi connectivity index (χ4n) is 1.68. The van der Waals surface area contributed by atoms with Crippen molar-refractivity contribution in [3.63, 3.8) is 0 Å². The SMILES string of the molecule is NCCc1nc(C(=O)Nc2ccccc2C(F)(F)F)cs1. The molecule has 0 saturated carbocycles. The zero-order valence-electron chi connectivity index (χ0n) is 10.8. The Balaban J connectivity index is 2.19. The number of anilines is 1. The third-order valence-corrected chi connectivity index (χ3v) is 3.53. The van der Waals surface area contributed by atoms with Gasteiger partial charge >= 0.3 is 6.18 Å². The average molecular weight is 315 g/mol. The third kappa shape index (κ3) is 3.79. The summed E-state index contributed by atoms with van der Waals surface area (Å²) in [6.07, 6.45) is -4.01. The van der Waals surface area contributed by atoms with Gasteiger partial charge in [0.15, 0.2) is 0 Å². The zero-order valence-corrected chi connectivity index (χ0v) is 11.6. The number of halogens is 3. The molecule has 0 fully saturated rings. The Bertz CT molecular complexity index is 640. The van der Waals surface area contributed by atoms with Gasteiger partial charge in [0.1, 0.15) is 5.69 Å². The maximum Gasteiger partial charge on any atom is 0.418 e. The highest BCUT2D eigenvalue weighted by atomic mass is 32.1. The molecule has 0 aliphatic rings. The quantitative estimate of drug-likeness (QED) is 0.911. The van der Waals surface area contributed by atoms with Crippen molar-refractivity contribution >= 4 is 22.9 Å². The van der Waals surface area contributed by atoms with E-state index in [9.17, 15) is 18.0 Å². The fraction of sp³-hybridized carbons (Fsp3) is 0.231. The Morgan fingerprint density at radius 3 is 2.71 bits per heavy atom. The molecule has 4 nitrogen and oxygen atoms in total. The van der Waals surface area contributed by atoms with Crippen molar-refractivity contribution in [3.8, 4) is 0 Å². The van der Waals surface area contributed by atoms with Crippen LogP contribution < -0.4 is 11.1 Å². The lowest BCUT2D eigenvalue weighted by molar-refractivity contribution is -0.136. The largest absolute Gasteiger partial charge is 0.418 e. The van der Waals surface area contributed by atoms with Crippen LogP contribution in [-0.2, 0) is 12.6 Å². The van der Waals surface area contributed by atoms with Crippen LogP contribution in [0.4, 0.5) is 18.9 Å². The minimum absolute atomic E-state index is 0.0837. The number of carbonyl (C=O) groups is 1. The zero-order chi connectivity index (χ0) is 15.5. The lowest BCUT2D eigenvalue weighted by Gasteiger charge is -2.12. The van der Waals surface area contributed by atoms with E-state index in [0.29, 0.717) is 18.0 Å². The molecule has 2 rings (SSSR count). The average Bonchev–Trinajstić information content (AvgIpc) is 2.87. The number of nitrogens with zero attached hydrogens (tertiary/aromatic N) is 1. The number of aromatic nitrogens is 1. The number of benzene rings is 1. The summed E-state index contributed by atoms with van der Waals surface area (Å²) >= 11 is 1.25. The van der Waals surface area contributed by atoms with E-state index in [2.05, 4.69) is 10.3 Å². The van der Waals surface area contributed by atoms with Crippen LogP contribution in [0.15, 0.2) is 29.6 Å². The van der Waals surface area contributed by atoms with Crippen LogP contribution in [-0.4, -0.2) is 17.4 Å². The summed E-state index contributed by atoms with van der Waals surface area (Å²) in [6.45, 7) is 0.394. The monoisotopic (exact) mass is 315 g/mol. The highest BCUT2D eigenvalue weighted by molar-refractivity contribution is 7.09. The Hall–Kier alpha value is -1.93. The molecule has 112 valence electrons. The van der Waals surface area contributed by atoms with Crippen LogP contribution in [0.5, 0.6) is 0 Å². The van der Waals surface area contributed by atoms with Gasteiger partial charge in [-0.15, -0.1) is 11.3 Å². The molecule has 0 atom stereocenters. The molecule has 1 heterocycles. The van der Waals surface area contributed by atoms with Gasteiger partial charge in [0.05, 0.1) is 16.3 Å². The first-order valence-electron chi connectivity index (χ1n) is 6.04. The van der Waals surface area contributed by atoms with Crippen molar-refractivity contribution in [3.05, 3.63) is 45.9 Å². The highest BCUT2D eigenvalue weighted by Gasteiger charge is 2.33. The summed E-state index contributed by atoms with van der Waals surface area (Å²) in [6, 6.07) is 4.80. The standard InChI is InChI=1S/C13H12F3N3OS/c14-13(15,16)8-3-1-2-4-9(8)19-12(20)10-7-21-11(18-10)5-6-17/h1-4,7H,5-6,17H2,(H,19,20). The number of rotatable bonds is 4. The van der Waals surface area contributed by atoms with Crippen LogP contribution in [0, 0.1) is 0 Å². The number of nitrogens with one attached hydrogen (secondary N) is 1. The van der Waals surface area contributed by atoms with Crippen molar-refractivity contribution in [2.45, 2.75) is 12.6 Å². The molecule has 0 aliphatic carbocycles. The van der Waals surface area contributed by atoms with Crippen LogP contribution in [0.3, 0.4) is 0 Å². The van der Waals surface area contributed by atoms with E-state index >= 15 is 0 Å². The number of alkyl halides is 3. The van der Waals surface area contributed by atoms with E-state index < -0.39 is 17.6 Å². The fourth-order valence-corrected chi connectivity index (χ4v) is 2.47. The molecular weight excluding hydrogens is 303 g/mol. The van der Waals surface area contributed by atoms with Gasteiger partial charge < -0.3 is 11.1 Å². The van der Waals surface area contributed by atoms with Crippen molar-refractivity contribution < 1.29 is 18.0 Å². The van der Waals surface area contributed by atoms with Crippen LogP contribution in [0.1, 0.15) is 21.1 Å². The second-order valence-corrected chi connectivity index (χ2v) is 5.11.